The Bertz CT molecular complexity index is 1290. The van der Waals surface area contributed by atoms with Gasteiger partial charge in [-0.25, -0.2) is 14.0 Å². The van der Waals surface area contributed by atoms with Gasteiger partial charge in [-0.15, -0.1) is 0 Å². The summed E-state index contributed by atoms with van der Waals surface area (Å²) in [6.07, 6.45) is -4.73. The first-order chi connectivity index (χ1) is 18.0. The Morgan fingerprint density at radius 2 is 1.82 bits per heavy atom. The maximum atomic E-state index is 16.0. The number of nitrogens with zero attached hydrogens (tertiary/aromatic N) is 1. The number of rotatable bonds is 11. The van der Waals surface area contributed by atoms with Gasteiger partial charge in [0.25, 0.3) is 5.56 Å². The van der Waals surface area contributed by atoms with Gasteiger partial charge in [0.15, 0.2) is 12.3 Å². The molecule has 1 aliphatic heterocycles. The highest BCUT2D eigenvalue weighted by atomic mass is 31.2. The van der Waals surface area contributed by atoms with Gasteiger partial charge in [0.05, 0.1) is 18.8 Å². The SMILES string of the molecule is CCOP(=O)(OCC)C(F)C(OC(=O)c1ccccc1)[C@@H]1C[C@@H](OC(C)=O)[C@H](n2cc(C)c(=O)[nH]c2=O)O1. The highest BCUT2D eigenvalue weighted by Gasteiger charge is 2.53. The van der Waals surface area contributed by atoms with Crippen molar-refractivity contribution in [2.24, 2.45) is 0 Å². The van der Waals surface area contributed by atoms with Gasteiger partial charge in [-0.3, -0.25) is 23.7 Å². The van der Waals surface area contributed by atoms with Gasteiger partial charge in [0, 0.05) is 25.1 Å². The number of carbonyl (C=O) groups is 2. The number of nitrogens with one attached hydrogen (secondary N) is 1. The molecule has 1 N–H and O–H groups in total. The average molecular weight is 556 g/mol. The molecule has 1 fully saturated rings. The zero-order chi connectivity index (χ0) is 28.0. The summed E-state index contributed by atoms with van der Waals surface area (Å²) < 4.78 is 57.4. The molecule has 38 heavy (non-hydrogen) atoms. The number of halogens is 1. The number of hydrogen-bond acceptors (Lipinski definition) is 10. The molecule has 0 radical (unpaired) electrons. The van der Waals surface area contributed by atoms with Crippen molar-refractivity contribution in [3.05, 3.63) is 68.5 Å². The Labute approximate surface area is 217 Å². The lowest BCUT2D eigenvalue weighted by Gasteiger charge is -2.30. The first-order valence-electron chi connectivity index (χ1n) is 11.9. The number of aromatic amines is 1. The van der Waals surface area contributed by atoms with Crippen LogP contribution >= 0.6 is 7.60 Å². The Kier molecular flexibility index (Phi) is 9.77. The van der Waals surface area contributed by atoms with Gasteiger partial charge < -0.3 is 23.3 Å². The van der Waals surface area contributed by atoms with Gasteiger partial charge >= 0.3 is 25.2 Å². The van der Waals surface area contributed by atoms with E-state index in [2.05, 4.69) is 4.98 Å². The zero-order valence-electron chi connectivity index (χ0n) is 21.3. The minimum atomic E-state index is -4.48. The minimum absolute atomic E-state index is 0.0888. The van der Waals surface area contributed by atoms with Crippen LogP contribution in [0.3, 0.4) is 0 Å². The number of benzene rings is 1. The molecule has 14 heteroatoms. The largest absolute Gasteiger partial charge is 0.458 e. The Morgan fingerprint density at radius 3 is 2.39 bits per heavy atom. The topological polar surface area (TPSA) is 152 Å². The second-order valence-electron chi connectivity index (χ2n) is 8.41. The summed E-state index contributed by atoms with van der Waals surface area (Å²) in [4.78, 5) is 51.3. The number of esters is 2. The number of H-pyrrole nitrogens is 1. The molecule has 1 aromatic heterocycles. The Balaban J connectivity index is 2.04. The molecule has 0 saturated carbocycles. The fourth-order valence-electron chi connectivity index (χ4n) is 4.01. The van der Waals surface area contributed by atoms with Crippen molar-refractivity contribution >= 4 is 19.5 Å². The maximum Gasteiger partial charge on any atom is 0.368 e. The van der Waals surface area contributed by atoms with Gasteiger partial charge in [-0.05, 0) is 32.9 Å². The smallest absolute Gasteiger partial charge is 0.368 e. The quantitative estimate of drug-likeness (QED) is 0.323. The molecule has 208 valence electrons. The summed E-state index contributed by atoms with van der Waals surface area (Å²) in [5, 5.41) is 0. The minimum Gasteiger partial charge on any atom is -0.458 e. The number of alkyl halides is 1. The van der Waals surface area contributed by atoms with Gasteiger partial charge in [0.1, 0.15) is 12.2 Å². The third-order valence-corrected chi connectivity index (χ3v) is 7.78. The van der Waals surface area contributed by atoms with E-state index < -0.39 is 61.2 Å². The normalized spacial score (nSPS) is 21.0. The predicted octanol–water partition coefficient (Wildman–Crippen LogP) is 2.85. The Morgan fingerprint density at radius 1 is 1.18 bits per heavy atom. The van der Waals surface area contributed by atoms with E-state index in [1.54, 1.807) is 18.2 Å². The number of aromatic nitrogens is 2. The lowest BCUT2D eigenvalue weighted by atomic mass is 10.1. The summed E-state index contributed by atoms with van der Waals surface area (Å²) in [6.45, 7) is 5.25. The highest BCUT2D eigenvalue weighted by molar-refractivity contribution is 7.54. The molecule has 0 spiro atoms. The van der Waals surface area contributed by atoms with Crippen LogP contribution in [0.1, 0.15) is 49.3 Å². The monoisotopic (exact) mass is 556 g/mol. The lowest BCUT2D eigenvalue weighted by molar-refractivity contribution is -0.153. The molecule has 3 rings (SSSR count). The number of hydrogen-bond donors (Lipinski definition) is 1. The predicted molar refractivity (Wildman–Crippen MR) is 132 cm³/mol. The van der Waals surface area contributed by atoms with Gasteiger partial charge in [0.2, 0.25) is 5.91 Å². The summed E-state index contributed by atoms with van der Waals surface area (Å²) in [7, 11) is -4.48. The molecule has 0 bridgehead atoms. The van der Waals surface area contributed by atoms with E-state index in [1.807, 2.05) is 0 Å². The van der Waals surface area contributed by atoms with Crippen LogP contribution in [0.25, 0.3) is 0 Å². The molecule has 0 amide bonds. The number of carbonyl (C=O) groups excluding carboxylic acids is 2. The third kappa shape index (κ3) is 6.65. The molecule has 2 aromatic rings. The highest BCUT2D eigenvalue weighted by Crippen LogP contribution is 2.56. The molecular formula is C24H30FN2O10P. The molecular weight excluding hydrogens is 526 g/mol. The summed E-state index contributed by atoms with van der Waals surface area (Å²) >= 11 is 0. The van der Waals surface area contributed by atoms with E-state index in [0.717, 1.165) is 11.5 Å². The van der Waals surface area contributed by atoms with Crippen molar-refractivity contribution < 1.29 is 41.8 Å². The van der Waals surface area contributed by atoms with Crippen LogP contribution in [0.4, 0.5) is 4.39 Å². The average Bonchev–Trinajstić information content (AvgIpc) is 3.27. The van der Waals surface area contributed by atoms with Crippen molar-refractivity contribution in [2.45, 2.75) is 64.6 Å². The Hall–Kier alpha value is -3.12. The van der Waals surface area contributed by atoms with Crippen LogP contribution in [0, 0.1) is 6.92 Å². The molecule has 12 nitrogen and oxygen atoms in total. The van der Waals surface area contributed by atoms with Gasteiger partial charge in [-0.2, -0.15) is 0 Å². The van der Waals surface area contributed by atoms with Crippen molar-refractivity contribution in [1.82, 2.24) is 9.55 Å². The first-order valence-corrected chi connectivity index (χ1v) is 13.6. The summed E-state index contributed by atoms with van der Waals surface area (Å²) in [5.41, 5.74) is -1.25. The van der Waals surface area contributed by atoms with Crippen molar-refractivity contribution in [3.63, 3.8) is 0 Å². The fourth-order valence-corrected chi connectivity index (χ4v) is 5.70. The van der Waals surface area contributed by atoms with Crippen LogP contribution in [0.2, 0.25) is 0 Å². The fraction of sp³-hybridized carbons (Fsp3) is 0.500. The van der Waals surface area contributed by atoms with E-state index in [-0.39, 0.29) is 30.8 Å². The van der Waals surface area contributed by atoms with Crippen LogP contribution in [-0.2, 0) is 32.6 Å². The third-order valence-electron chi connectivity index (χ3n) is 5.64. The van der Waals surface area contributed by atoms with Gasteiger partial charge in [-0.1, -0.05) is 18.2 Å². The number of ether oxygens (including phenoxy) is 3. The second-order valence-corrected chi connectivity index (χ2v) is 10.5. The molecule has 2 heterocycles. The van der Waals surface area contributed by atoms with Crippen molar-refractivity contribution in [2.75, 3.05) is 13.2 Å². The van der Waals surface area contributed by atoms with E-state index >= 15 is 4.39 Å². The molecule has 1 aromatic carbocycles. The van der Waals surface area contributed by atoms with E-state index in [1.165, 1.54) is 39.1 Å². The van der Waals surface area contributed by atoms with Crippen LogP contribution in [0.15, 0.2) is 46.1 Å². The molecule has 0 aliphatic carbocycles. The van der Waals surface area contributed by atoms with Crippen LogP contribution in [0.5, 0.6) is 0 Å². The van der Waals surface area contributed by atoms with Crippen molar-refractivity contribution in [3.8, 4) is 0 Å². The molecule has 1 aliphatic rings. The van der Waals surface area contributed by atoms with Crippen LogP contribution in [-0.4, -0.2) is 58.9 Å². The molecule has 5 atom stereocenters. The zero-order valence-corrected chi connectivity index (χ0v) is 22.2. The maximum absolute atomic E-state index is 16.0. The molecule has 2 unspecified atom stereocenters. The second kappa shape index (κ2) is 12.6. The lowest BCUT2D eigenvalue weighted by Crippen LogP contribution is -2.40. The van der Waals surface area contributed by atoms with Crippen LogP contribution < -0.4 is 11.2 Å². The summed E-state index contributed by atoms with van der Waals surface area (Å²) in [5.74, 6) is -4.15. The molecule has 1 saturated heterocycles. The standard InChI is InChI=1S/C24H30FN2O10P/c1-5-33-38(32,34-6-2)20(25)19(37-23(30)16-10-8-7-9-11-16)17-12-18(35-15(4)28)22(36-17)27-13-14(3)21(29)26-24(27)31/h7-11,13,17-20,22H,5-6,12H2,1-4H3,(H,26,29,31)/t17-,18+,19?,20?,22+/m0/s1. The van der Waals surface area contributed by atoms with Crippen molar-refractivity contribution in [1.29, 1.82) is 0 Å². The number of aryl methyl sites for hydroxylation is 1. The van der Waals surface area contributed by atoms with E-state index in [9.17, 15) is 23.7 Å². The van der Waals surface area contributed by atoms with E-state index in [4.69, 9.17) is 23.3 Å². The van der Waals surface area contributed by atoms with E-state index in [0.29, 0.717) is 0 Å². The summed E-state index contributed by atoms with van der Waals surface area (Å²) in [6, 6.07) is 7.71. The first kappa shape index (κ1) is 29.4.